The number of rotatable bonds is 6. The highest BCUT2D eigenvalue weighted by molar-refractivity contribution is 7.89. The summed E-state index contributed by atoms with van der Waals surface area (Å²) in [6.07, 6.45) is 0.986. The average Bonchev–Trinajstić information content (AvgIpc) is 3.15. The molecule has 3 aromatic rings. The van der Waals surface area contributed by atoms with Gasteiger partial charge in [-0.3, -0.25) is 4.79 Å². The molecular formula is C22H27N5O4S. The molecule has 0 bridgehead atoms. The second kappa shape index (κ2) is 8.87. The number of carbonyl (C=O) groups excluding carboxylic acids is 1. The van der Waals surface area contributed by atoms with Crippen LogP contribution in [0.3, 0.4) is 0 Å². The van der Waals surface area contributed by atoms with Gasteiger partial charge in [0.05, 0.1) is 4.90 Å². The normalized spacial score (nSPS) is 18.4. The molecule has 1 fully saturated rings. The molecule has 1 aliphatic rings. The molecule has 0 saturated carbocycles. The first-order valence-corrected chi connectivity index (χ1v) is 12.1. The van der Waals surface area contributed by atoms with Crippen LogP contribution in [0, 0.1) is 12.8 Å². The molecule has 9 nitrogen and oxygen atoms in total. The van der Waals surface area contributed by atoms with Crippen LogP contribution in [0.25, 0.3) is 11.0 Å². The Hall–Kier alpha value is -2.98. The lowest BCUT2D eigenvalue weighted by molar-refractivity contribution is -0.127. The van der Waals surface area contributed by atoms with Crippen molar-refractivity contribution < 1.29 is 18.0 Å². The third-order valence-corrected chi connectivity index (χ3v) is 7.42. The van der Waals surface area contributed by atoms with Crippen molar-refractivity contribution in [1.82, 2.24) is 19.5 Å². The molecule has 2 aromatic carbocycles. The maximum atomic E-state index is 13.1. The minimum absolute atomic E-state index is 0.156. The van der Waals surface area contributed by atoms with Gasteiger partial charge in [0.15, 0.2) is 0 Å². The number of carbonyl (C=O) groups is 1. The third kappa shape index (κ3) is 4.61. The molecule has 2 atom stereocenters. The summed E-state index contributed by atoms with van der Waals surface area (Å²) < 4.78 is 27.8. The Bertz CT molecular complexity index is 1240. The van der Waals surface area contributed by atoms with Gasteiger partial charge in [0, 0.05) is 18.8 Å². The van der Waals surface area contributed by atoms with E-state index in [1.807, 2.05) is 25.1 Å². The molecule has 2 unspecified atom stereocenters. The van der Waals surface area contributed by atoms with Crippen molar-refractivity contribution >= 4 is 32.7 Å². The van der Waals surface area contributed by atoms with Gasteiger partial charge in [0.1, 0.15) is 11.0 Å². The number of nitrogens with zero attached hydrogens (tertiary/aromatic N) is 4. The molecule has 1 aliphatic heterocycles. The quantitative estimate of drug-likeness (QED) is 0.610. The average molecular weight is 458 g/mol. The van der Waals surface area contributed by atoms with Gasteiger partial charge in [-0.2, -0.15) is 4.31 Å². The number of fused-ring (bicyclic) bond motifs is 1. The zero-order valence-corrected chi connectivity index (χ0v) is 19.2. The molecule has 4 rings (SSSR count). The van der Waals surface area contributed by atoms with E-state index in [0.717, 1.165) is 23.3 Å². The number of piperidine rings is 1. The van der Waals surface area contributed by atoms with Crippen molar-refractivity contribution in [3.63, 3.8) is 0 Å². The Balaban J connectivity index is 1.54. The van der Waals surface area contributed by atoms with Crippen LogP contribution in [0.15, 0.2) is 47.4 Å². The van der Waals surface area contributed by atoms with Crippen molar-refractivity contribution in [2.24, 2.45) is 5.92 Å². The summed E-state index contributed by atoms with van der Waals surface area (Å²) in [6, 6.07) is 12.1. The van der Waals surface area contributed by atoms with E-state index >= 15 is 0 Å². The molecule has 1 N–H and O–H groups in total. The van der Waals surface area contributed by atoms with Crippen LogP contribution < -0.4 is 10.2 Å². The van der Waals surface area contributed by atoms with Gasteiger partial charge in [0.25, 0.3) is 5.91 Å². The molecule has 0 aliphatic carbocycles. The second-order valence-electron chi connectivity index (χ2n) is 8.33. The monoisotopic (exact) mass is 457 g/mol. The van der Waals surface area contributed by atoms with Gasteiger partial charge in [-0.05, 0) is 73.7 Å². The highest BCUT2D eigenvalue weighted by Gasteiger charge is 2.29. The predicted molar refractivity (Wildman–Crippen MR) is 121 cm³/mol. The Kier molecular flexibility index (Phi) is 6.16. The highest BCUT2D eigenvalue weighted by atomic mass is 32.2. The molecule has 0 radical (unpaired) electrons. The summed E-state index contributed by atoms with van der Waals surface area (Å²) in [4.78, 5) is 19.5. The Labute approximate surface area is 187 Å². The van der Waals surface area contributed by atoms with E-state index in [0.29, 0.717) is 35.7 Å². The zero-order valence-electron chi connectivity index (χ0n) is 18.4. The van der Waals surface area contributed by atoms with Crippen LogP contribution >= 0.6 is 0 Å². The van der Waals surface area contributed by atoms with Crippen LogP contribution in [-0.2, 0) is 14.8 Å². The van der Waals surface area contributed by atoms with Crippen molar-refractivity contribution in [2.75, 3.05) is 18.4 Å². The molecule has 10 heteroatoms. The summed E-state index contributed by atoms with van der Waals surface area (Å²) in [6.45, 7) is 6.60. The van der Waals surface area contributed by atoms with Crippen LogP contribution in [-0.4, -0.2) is 53.0 Å². The summed E-state index contributed by atoms with van der Waals surface area (Å²) in [5, 5.41) is 10.8. The van der Waals surface area contributed by atoms with Crippen LogP contribution in [0.2, 0.25) is 0 Å². The van der Waals surface area contributed by atoms with Gasteiger partial charge in [-0.15, -0.1) is 5.10 Å². The standard InChI is InChI=1S/C22H27N5O4S/c1-15-6-4-8-18(12-15)23-22(28)17(3)31-27-21-13-19(9-10-20(21)24-25-27)32(29,30)26-11-5-7-16(2)14-26/h4,6,8-10,12-13,16-17H,5,7,11,14H2,1-3H3,(H,23,28). The van der Waals surface area contributed by atoms with E-state index in [1.54, 1.807) is 19.1 Å². The van der Waals surface area contributed by atoms with Crippen molar-refractivity contribution in [3.05, 3.63) is 48.0 Å². The first-order chi connectivity index (χ1) is 15.2. The van der Waals surface area contributed by atoms with Gasteiger partial charge >= 0.3 is 0 Å². The summed E-state index contributed by atoms with van der Waals surface area (Å²) >= 11 is 0. The minimum atomic E-state index is -3.64. The first kappa shape index (κ1) is 22.2. The van der Waals surface area contributed by atoms with E-state index in [2.05, 4.69) is 22.6 Å². The number of benzene rings is 2. The maximum absolute atomic E-state index is 13.1. The highest BCUT2D eigenvalue weighted by Crippen LogP contribution is 2.25. The lowest BCUT2D eigenvalue weighted by atomic mass is 10.0. The Morgan fingerprint density at radius 1 is 1.25 bits per heavy atom. The molecule has 1 saturated heterocycles. The van der Waals surface area contributed by atoms with Gasteiger partial charge in [-0.25, -0.2) is 8.42 Å². The molecule has 32 heavy (non-hydrogen) atoms. The number of hydrogen-bond acceptors (Lipinski definition) is 6. The molecule has 2 heterocycles. The molecule has 1 amide bonds. The smallest absolute Gasteiger partial charge is 0.267 e. The number of amides is 1. The fourth-order valence-electron chi connectivity index (χ4n) is 3.79. The first-order valence-electron chi connectivity index (χ1n) is 10.6. The summed E-state index contributed by atoms with van der Waals surface area (Å²) in [5.41, 5.74) is 2.54. The third-order valence-electron chi connectivity index (χ3n) is 5.56. The largest absolute Gasteiger partial charge is 0.382 e. The fourth-order valence-corrected chi connectivity index (χ4v) is 5.41. The Morgan fingerprint density at radius 3 is 2.81 bits per heavy atom. The number of anilines is 1. The summed E-state index contributed by atoms with van der Waals surface area (Å²) in [5.74, 6) is -0.0316. The van der Waals surface area contributed by atoms with Gasteiger partial charge in [-0.1, -0.05) is 23.9 Å². The van der Waals surface area contributed by atoms with Crippen LogP contribution in [0.1, 0.15) is 32.3 Å². The van der Waals surface area contributed by atoms with Gasteiger partial charge < -0.3 is 10.2 Å². The number of hydrogen-bond donors (Lipinski definition) is 1. The van der Waals surface area contributed by atoms with Crippen molar-refractivity contribution in [3.8, 4) is 0 Å². The predicted octanol–water partition coefficient (Wildman–Crippen LogP) is 2.62. The van der Waals surface area contributed by atoms with E-state index in [9.17, 15) is 13.2 Å². The number of aryl methyl sites for hydroxylation is 1. The molecule has 1 aromatic heterocycles. The van der Waals surface area contributed by atoms with E-state index in [4.69, 9.17) is 4.84 Å². The molecular weight excluding hydrogens is 430 g/mol. The SMILES string of the molecule is Cc1cccc(NC(=O)C(C)On2nnc3ccc(S(=O)(=O)N4CCCC(C)C4)cc32)c1. The zero-order chi connectivity index (χ0) is 22.9. The van der Waals surface area contributed by atoms with E-state index < -0.39 is 16.1 Å². The van der Waals surface area contributed by atoms with Crippen molar-refractivity contribution in [1.29, 1.82) is 0 Å². The fraction of sp³-hybridized carbons (Fsp3) is 0.409. The lowest BCUT2D eigenvalue weighted by Gasteiger charge is -2.30. The van der Waals surface area contributed by atoms with E-state index in [-0.39, 0.29) is 10.8 Å². The number of sulfonamides is 1. The molecule has 170 valence electrons. The van der Waals surface area contributed by atoms with Crippen LogP contribution in [0.5, 0.6) is 0 Å². The van der Waals surface area contributed by atoms with Gasteiger partial charge in [0.2, 0.25) is 16.1 Å². The minimum Gasteiger partial charge on any atom is -0.382 e. The summed E-state index contributed by atoms with van der Waals surface area (Å²) in [7, 11) is -3.64. The van der Waals surface area contributed by atoms with E-state index in [1.165, 1.54) is 16.4 Å². The Morgan fingerprint density at radius 2 is 2.06 bits per heavy atom. The van der Waals surface area contributed by atoms with Crippen molar-refractivity contribution in [2.45, 2.75) is 44.6 Å². The molecule has 0 spiro atoms. The number of aromatic nitrogens is 3. The lowest BCUT2D eigenvalue weighted by Crippen LogP contribution is -2.39. The number of nitrogens with one attached hydrogen (secondary N) is 1. The van der Waals surface area contributed by atoms with Crippen LogP contribution in [0.4, 0.5) is 5.69 Å². The topological polar surface area (TPSA) is 106 Å². The second-order valence-corrected chi connectivity index (χ2v) is 10.3. The maximum Gasteiger partial charge on any atom is 0.267 e.